The van der Waals surface area contributed by atoms with E-state index in [-0.39, 0.29) is 12.1 Å². The minimum Gasteiger partial charge on any atom is -0.495 e. The minimum absolute atomic E-state index is 0.191. The number of anilines is 1. The van der Waals surface area contributed by atoms with Crippen molar-refractivity contribution in [1.82, 2.24) is 10.6 Å². The normalized spacial score (nSPS) is 18.8. The Morgan fingerprint density at radius 2 is 2.29 bits per heavy atom. The average molecular weight is 235 g/mol. The average Bonchev–Trinajstić information content (AvgIpc) is 2.82. The molecule has 0 bridgehead atoms. The molecule has 0 spiro atoms. The Balaban J connectivity index is 1.92. The third kappa shape index (κ3) is 3.10. The molecule has 5 heteroatoms. The van der Waals surface area contributed by atoms with Crippen molar-refractivity contribution in [3.63, 3.8) is 0 Å². The van der Waals surface area contributed by atoms with E-state index in [1.165, 1.54) is 0 Å². The summed E-state index contributed by atoms with van der Waals surface area (Å²) in [4.78, 5) is 11.7. The summed E-state index contributed by atoms with van der Waals surface area (Å²) in [5, 5.41) is 8.89. The first kappa shape index (κ1) is 11.7. The number of benzene rings is 1. The second-order valence-electron chi connectivity index (χ2n) is 3.99. The van der Waals surface area contributed by atoms with Crippen molar-refractivity contribution < 1.29 is 9.53 Å². The first-order valence-electron chi connectivity index (χ1n) is 5.71. The molecule has 17 heavy (non-hydrogen) atoms. The molecular formula is C12H17N3O2. The smallest absolute Gasteiger partial charge is 0.319 e. The summed E-state index contributed by atoms with van der Waals surface area (Å²) in [6.07, 6.45) is 0.972. The van der Waals surface area contributed by atoms with E-state index in [0.717, 1.165) is 19.5 Å². The van der Waals surface area contributed by atoms with Crippen molar-refractivity contribution in [2.24, 2.45) is 0 Å². The fraction of sp³-hybridized carbons (Fsp3) is 0.417. The number of nitrogens with one attached hydrogen (secondary N) is 3. The molecule has 0 aliphatic carbocycles. The number of rotatable bonds is 3. The van der Waals surface area contributed by atoms with E-state index in [1.807, 2.05) is 24.3 Å². The number of ether oxygens (including phenoxy) is 1. The van der Waals surface area contributed by atoms with E-state index < -0.39 is 0 Å². The third-order valence-electron chi connectivity index (χ3n) is 2.75. The van der Waals surface area contributed by atoms with Crippen LogP contribution in [0.4, 0.5) is 10.5 Å². The zero-order chi connectivity index (χ0) is 12.1. The zero-order valence-corrected chi connectivity index (χ0v) is 9.82. The topological polar surface area (TPSA) is 62.4 Å². The second-order valence-corrected chi connectivity index (χ2v) is 3.99. The van der Waals surface area contributed by atoms with Crippen LogP contribution in [0.5, 0.6) is 5.75 Å². The van der Waals surface area contributed by atoms with E-state index in [4.69, 9.17) is 4.74 Å². The van der Waals surface area contributed by atoms with Crippen molar-refractivity contribution >= 4 is 11.7 Å². The second kappa shape index (κ2) is 5.54. The highest BCUT2D eigenvalue weighted by Gasteiger charge is 2.16. The molecule has 92 valence electrons. The number of hydrogen-bond acceptors (Lipinski definition) is 3. The quantitative estimate of drug-likeness (QED) is 0.737. The van der Waals surface area contributed by atoms with Crippen LogP contribution in [-0.4, -0.2) is 32.3 Å². The highest BCUT2D eigenvalue weighted by molar-refractivity contribution is 5.91. The third-order valence-corrected chi connectivity index (χ3v) is 2.75. The van der Waals surface area contributed by atoms with Gasteiger partial charge in [-0.25, -0.2) is 4.79 Å². The van der Waals surface area contributed by atoms with Crippen LogP contribution in [0, 0.1) is 0 Å². The molecule has 0 aromatic heterocycles. The van der Waals surface area contributed by atoms with E-state index in [9.17, 15) is 4.79 Å². The highest BCUT2D eigenvalue weighted by atomic mass is 16.5. The fourth-order valence-electron chi connectivity index (χ4n) is 1.87. The summed E-state index contributed by atoms with van der Waals surface area (Å²) in [5.41, 5.74) is 0.679. The molecule has 0 unspecified atom stereocenters. The van der Waals surface area contributed by atoms with Crippen LogP contribution in [-0.2, 0) is 0 Å². The van der Waals surface area contributed by atoms with Crippen LogP contribution >= 0.6 is 0 Å². The van der Waals surface area contributed by atoms with E-state index in [1.54, 1.807) is 7.11 Å². The summed E-state index contributed by atoms with van der Waals surface area (Å²) in [7, 11) is 1.58. The lowest BCUT2D eigenvalue weighted by molar-refractivity contribution is 0.249. The van der Waals surface area contributed by atoms with Crippen LogP contribution in [0.2, 0.25) is 0 Å². The van der Waals surface area contributed by atoms with Gasteiger partial charge in [-0.05, 0) is 25.1 Å². The van der Waals surface area contributed by atoms with Crippen molar-refractivity contribution in [2.45, 2.75) is 12.5 Å². The number of carbonyl (C=O) groups excluding carboxylic acids is 1. The maximum absolute atomic E-state index is 11.7. The molecule has 1 aromatic rings. The van der Waals surface area contributed by atoms with Gasteiger partial charge < -0.3 is 20.7 Å². The largest absolute Gasteiger partial charge is 0.495 e. The Morgan fingerprint density at radius 3 is 3.00 bits per heavy atom. The number of methoxy groups -OCH3 is 1. The Morgan fingerprint density at radius 1 is 1.47 bits per heavy atom. The van der Waals surface area contributed by atoms with Crippen molar-refractivity contribution in [1.29, 1.82) is 0 Å². The summed E-state index contributed by atoms with van der Waals surface area (Å²) < 4.78 is 5.16. The lowest BCUT2D eigenvalue weighted by Crippen LogP contribution is -2.39. The van der Waals surface area contributed by atoms with E-state index in [0.29, 0.717) is 11.4 Å². The van der Waals surface area contributed by atoms with Crippen LogP contribution in [0.15, 0.2) is 24.3 Å². The van der Waals surface area contributed by atoms with Crippen LogP contribution in [0.1, 0.15) is 6.42 Å². The molecular weight excluding hydrogens is 218 g/mol. The first-order valence-corrected chi connectivity index (χ1v) is 5.71. The number of para-hydroxylation sites is 2. The van der Waals surface area contributed by atoms with Gasteiger partial charge in [0, 0.05) is 12.6 Å². The number of urea groups is 1. The molecule has 2 rings (SSSR count). The van der Waals surface area contributed by atoms with Gasteiger partial charge in [0.05, 0.1) is 12.8 Å². The van der Waals surface area contributed by atoms with Gasteiger partial charge in [-0.15, -0.1) is 0 Å². The van der Waals surface area contributed by atoms with E-state index in [2.05, 4.69) is 16.0 Å². The van der Waals surface area contributed by atoms with Gasteiger partial charge >= 0.3 is 6.03 Å². The number of hydrogen-bond donors (Lipinski definition) is 3. The van der Waals surface area contributed by atoms with Crippen molar-refractivity contribution in [3.05, 3.63) is 24.3 Å². The predicted molar refractivity (Wildman–Crippen MR) is 66.4 cm³/mol. The van der Waals surface area contributed by atoms with Gasteiger partial charge in [0.15, 0.2) is 0 Å². The van der Waals surface area contributed by atoms with Crippen molar-refractivity contribution in [3.8, 4) is 5.75 Å². The molecule has 1 aromatic carbocycles. The van der Waals surface area contributed by atoms with Gasteiger partial charge in [0.1, 0.15) is 5.75 Å². The molecule has 1 aliphatic rings. The van der Waals surface area contributed by atoms with Gasteiger partial charge in [-0.2, -0.15) is 0 Å². The molecule has 0 saturated carbocycles. The molecule has 3 N–H and O–H groups in total. The van der Waals surface area contributed by atoms with Crippen LogP contribution < -0.4 is 20.7 Å². The lowest BCUT2D eigenvalue weighted by Gasteiger charge is -2.14. The van der Waals surface area contributed by atoms with Crippen molar-refractivity contribution in [2.75, 3.05) is 25.5 Å². The Kier molecular flexibility index (Phi) is 3.82. The molecule has 1 heterocycles. The van der Waals surface area contributed by atoms with Gasteiger partial charge in [0.25, 0.3) is 0 Å². The van der Waals surface area contributed by atoms with Gasteiger partial charge in [-0.1, -0.05) is 12.1 Å². The molecule has 1 aliphatic heterocycles. The van der Waals surface area contributed by atoms with Crippen LogP contribution in [0.3, 0.4) is 0 Å². The monoisotopic (exact) mass is 235 g/mol. The highest BCUT2D eigenvalue weighted by Crippen LogP contribution is 2.22. The Labute approximate surface area is 101 Å². The maximum Gasteiger partial charge on any atom is 0.319 e. The predicted octanol–water partition coefficient (Wildman–Crippen LogP) is 1.18. The SMILES string of the molecule is COc1ccccc1NC(=O)N[C@@H]1CCNC1. The lowest BCUT2D eigenvalue weighted by atomic mass is 10.2. The molecule has 1 saturated heterocycles. The van der Waals surface area contributed by atoms with Gasteiger partial charge in [0.2, 0.25) is 0 Å². The molecule has 2 amide bonds. The zero-order valence-electron chi connectivity index (χ0n) is 9.82. The van der Waals surface area contributed by atoms with Gasteiger partial charge in [-0.3, -0.25) is 0 Å². The summed E-state index contributed by atoms with van der Waals surface area (Å²) >= 11 is 0. The summed E-state index contributed by atoms with van der Waals surface area (Å²) in [5.74, 6) is 0.659. The Bertz CT molecular complexity index is 389. The first-order chi connectivity index (χ1) is 8.29. The molecule has 1 atom stereocenters. The fourth-order valence-corrected chi connectivity index (χ4v) is 1.87. The number of carbonyl (C=O) groups is 1. The Hall–Kier alpha value is -1.75. The number of amides is 2. The minimum atomic E-state index is -0.191. The summed E-state index contributed by atoms with van der Waals surface area (Å²) in [6.45, 7) is 1.79. The molecule has 1 fully saturated rings. The summed E-state index contributed by atoms with van der Waals surface area (Å²) in [6, 6.07) is 7.36. The standard InChI is InChI=1S/C12H17N3O2/c1-17-11-5-3-2-4-10(11)15-12(16)14-9-6-7-13-8-9/h2-5,9,13H,6-8H2,1H3,(H2,14,15,16)/t9-/m1/s1. The van der Waals surface area contributed by atoms with Crippen LogP contribution in [0.25, 0.3) is 0 Å². The maximum atomic E-state index is 11.7. The molecule has 5 nitrogen and oxygen atoms in total. The molecule has 0 radical (unpaired) electrons. The van der Waals surface area contributed by atoms with E-state index >= 15 is 0 Å².